The average molecular weight is 439 g/mol. The number of aryl methyl sites for hydroxylation is 1. The molecule has 1 heterocycles. The molecule has 7 heteroatoms. The van der Waals surface area contributed by atoms with Crippen molar-refractivity contribution in [3.63, 3.8) is 0 Å². The van der Waals surface area contributed by atoms with Crippen LogP contribution in [0.25, 0.3) is 0 Å². The second-order valence-electron chi connectivity index (χ2n) is 8.49. The Morgan fingerprint density at radius 2 is 1.48 bits per heavy atom. The Kier molecular flexibility index (Phi) is 7.90. The Labute approximate surface area is 176 Å². The van der Waals surface area contributed by atoms with Crippen molar-refractivity contribution in [1.29, 1.82) is 0 Å². The standard InChI is InChI=1S/C22H34O5SSi/c1-16(2)29(17(3)4,18(5)6)27-22(21-9-8-14-25-21)15-26-28(23,24)20-12-10-19(7)11-13-20/h8-14,16-18,22H,15H2,1-7H3/t22-/m1/s1. The third kappa shape index (κ3) is 5.39. The molecule has 0 spiro atoms. The van der Waals surface area contributed by atoms with Crippen molar-refractivity contribution >= 4 is 18.4 Å². The van der Waals surface area contributed by atoms with Gasteiger partial charge in [-0.1, -0.05) is 59.2 Å². The normalized spacial score (nSPS) is 14.1. The van der Waals surface area contributed by atoms with Crippen LogP contribution in [0.5, 0.6) is 0 Å². The topological polar surface area (TPSA) is 65.7 Å². The predicted molar refractivity (Wildman–Crippen MR) is 118 cm³/mol. The lowest BCUT2D eigenvalue weighted by molar-refractivity contribution is 0.0955. The van der Waals surface area contributed by atoms with Gasteiger partial charge < -0.3 is 8.84 Å². The molecule has 0 aliphatic rings. The van der Waals surface area contributed by atoms with E-state index in [0.29, 0.717) is 22.4 Å². The molecular formula is C22H34O5SSi. The monoisotopic (exact) mass is 438 g/mol. The summed E-state index contributed by atoms with van der Waals surface area (Å²) in [5, 5.41) is 0. The molecule has 5 nitrogen and oxygen atoms in total. The van der Waals surface area contributed by atoms with Crippen molar-refractivity contribution in [2.45, 2.75) is 76.1 Å². The summed E-state index contributed by atoms with van der Waals surface area (Å²) in [6.45, 7) is 14.9. The first kappa shape index (κ1) is 23.9. The van der Waals surface area contributed by atoms with Gasteiger partial charge in [-0.05, 0) is 47.8 Å². The molecule has 0 unspecified atom stereocenters. The number of benzene rings is 1. The molecule has 1 aromatic carbocycles. The van der Waals surface area contributed by atoms with E-state index in [-0.39, 0.29) is 11.5 Å². The minimum atomic E-state index is -3.89. The van der Waals surface area contributed by atoms with Gasteiger partial charge in [0.1, 0.15) is 11.9 Å². The highest BCUT2D eigenvalue weighted by Gasteiger charge is 2.47. The van der Waals surface area contributed by atoms with E-state index >= 15 is 0 Å². The average Bonchev–Trinajstić information content (AvgIpc) is 3.16. The Balaban J connectivity index is 2.31. The van der Waals surface area contributed by atoms with E-state index in [1.807, 2.05) is 13.0 Å². The molecule has 0 aliphatic heterocycles. The fourth-order valence-corrected chi connectivity index (χ4v) is 10.6. The fraction of sp³-hybridized carbons (Fsp3) is 0.545. The first-order valence-corrected chi connectivity index (χ1v) is 13.7. The highest BCUT2D eigenvalue weighted by Crippen LogP contribution is 2.45. The van der Waals surface area contributed by atoms with Gasteiger partial charge in [0, 0.05) is 0 Å². The molecule has 0 aliphatic carbocycles. The number of rotatable bonds is 10. The lowest BCUT2D eigenvalue weighted by Crippen LogP contribution is -2.49. The third-order valence-corrected chi connectivity index (χ3v) is 13.0. The van der Waals surface area contributed by atoms with E-state index in [1.165, 1.54) is 0 Å². The van der Waals surface area contributed by atoms with Crippen LogP contribution in [-0.2, 0) is 18.7 Å². The summed E-state index contributed by atoms with van der Waals surface area (Å²) in [5.74, 6) is 0.586. The third-order valence-electron chi connectivity index (χ3n) is 5.60. The summed E-state index contributed by atoms with van der Waals surface area (Å²) in [7, 11) is -6.15. The van der Waals surface area contributed by atoms with E-state index in [9.17, 15) is 8.42 Å². The molecule has 0 saturated carbocycles. The van der Waals surface area contributed by atoms with Crippen LogP contribution in [0.1, 0.15) is 59.0 Å². The number of hydrogen-bond acceptors (Lipinski definition) is 5. The molecule has 1 aromatic heterocycles. The van der Waals surface area contributed by atoms with Crippen molar-refractivity contribution in [3.05, 3.63) is 54.0 Å². The fourth-order valence-electron chi connectivity index (χ4n) is 4.23. The maximum Gasteiger partial charge on any atom is 0.297 e. The summed E-state index contributed by atoms with van der Waals surface area (Å²) in [5.41, 5.74) is 2.05. The van der Waals surface area contributed by atoms with Gasteiger partial charge in [-0.25, -0.2) is 0 Å². The molecule has 29 heavy (non-hydrogen) atoms. The van der Waals surface area contributed by atoms with Gasteiger partial charge in [0.25, 0.3) is 10.1 Å². The minimum Gasteiger partial charge on any atom is -0.467 e. The molecule has 0 saturated heterocycles. The summed E-state index contributed by atoms with van der Waals surface area (Å²) >= 11 is 0. The zero-order valence-corrected chi connectivity index (χ0v) is 20.3. The molecule has 162 valence electrons. The predicted octanol–water partition coefficient (Wildman–Crippen LogP) is 6.23. The second-order valence-corrected chi connectivity index (χ2v) is 15.5. The van der Waals surface area contributed by atoms with Crippen LogP contribution in [0.3, 0.4) is 0 Å². The summed E-state index contributed by atoms with van der Waals surface area (Å²) < 4.78 is 43.2. The lowest BCUT2D eigenvalue weighted by Gasteiger charge is -2.44. The second kappa shape index (κ2) is 9.60. The van der Waals surface area contributed by atoms with E-state index in [4.69, 9.17) is 13.0 Å². The van der Waals surface area contributed by atoms with Crippen LogP contribution in [0, 0.1) is 6.92 Å². The number of hydrogen-bond donors (Lipinski definition) is 0. The molecule has 0 amide bonds. The van der Waals surface area contributed by atoms with Gasteiger partial charge in [0.15, 0.2) is 0 Å². The van der Waals surface area contributed by atoms with E-state index in [0.717, 1.165) is 5.56 Å². The first-order valence-electron chi connectivity index (χ1n) is 10.2. The van der Waals surface area contributed by atoms with Crippen molar-refractivity contribution < 1.29 is 21.4 Å². The zero-order valence-electron chi connectivity index (χ0n) is 18.5. The highest BCUT2D eigenvalue weighted by atomic mass is 32.2. The van der Waals surface area contributed by atoms with Crippen LogP contribution in [0.4, 0.5) is 0 Å². The molecule has 0 radical (unpaired) electrons. The summed E-state index contributed by atoms with van der Waals surface area (Å²) in [4.78, 5) is 0.140. The molecular weight excluding hydrogens is 404 g/mol. The van der Waals surface area contributed by atoms with Crippen LogP contribution < -0.4 is 0 Å². The van der Waals surface area contributed by atoms with Crippen molar-refractivity contribution in [1.82, 2.24) is 0 Å². The summed E-state index contributed by atoms with van der Waals surface area (Å²) in [6, 6.07) is 10.2. The molecule has 2 rings (SSSR count). The zero-order chi connectivity index (χ0) is 21.8. The Morgan fingerprint density at radius 1 is 0.931 bits per heavy atom. The van der Waals surface area contributed by atoms with Gasteiger partial charge in [-0.15, -0.1) is 0 Å². The van der Waals surface area contributed by atoms with E-state index in [2.05, 4.69) is 41.5 Å². The van der Waals surface area contributed by atoms with Crippen molar-refractivity contribution in [2.24, 2.45) is 0 Å². The SMILES string of the molecule is Cc1ccc(S(=O)(=O)OC[C@@H](O[Si](C(C)C)(C(C)C)C(C)C)c2ccco2)cc1. The molecule has 0 N–H and O–H groups in total. The van der Waals surface area contributed by atoms with Crippen LogP contribution >= 0.6 is 0 Å². The van der Waals surface area contributed by atoms with E-state index < -0.39 is 24.5 Å². The van der Waals surface area contributed by atoms with E-state index in [1.54, 1.807) is 36.6 Å². The van der Waals surface area contributed by atoms with Crippen LogP contribution in [0.15, 0.2) is 52.0 Å². The molecule has 2 aromatic rings. The lowest BCUT2D eigenvalue weighted by atomic mass is 10.2. The Bertz CT molecular complexity index is 833. The largest absolute Gasteiger partial charge is 0.467 e. The molecule has 0 fully saturated rings. The maximum atomic E-state index is 12.7. The van der Waals surface area contributed by atoms with Gasteiger partial charge in [-0.3, -0.25) is 4.18 Å². The first-order chi connectivity index (χ1) is 13.5. The van der Waals surface area contributed by atoms with Crippen LogP contribution in [0.2, 0.25) is 16.6 Å². The summed E-state index contributed by atoms with van der Waals surface area (Å²) in [6.07, 6.45) is 0.993. The highest BCUT2D eigenvalue weighted by molar-refractivity contribution is 7.86. The van der Waals surface area contributed by atoms with Gasteiger partial charge in [0.2, 0.25) is 8.32 Å². The van der Waals surface area contributed by atoms with Crippen LogP contribution in [-0.4, -0.2) is 23.3 Å². The van der Waals surface area contributed by atoms with Crippen molar-refractivity contribution in [2.75, 3.05) is 6.61 Å². The van der Waals surface area contributed by atoms with Gasteiger partial charge >= 0.3 is 0 Å². The van der Waals surface area contributed by atoms with Gasteiger partial charge in [-0.2, -0.15) is 8.42 Å². The minimum absolute atomic E-state index is 0.120. The smallest absolute Gasteiger partial charge is 0.297 e. The van der Waals surface area contributed by atoms with Gasteiger partial charge in [0.05, 0.1) is 17.8 Å². The maximum absolute atomic E-state index is 12.7. The Morgan fingerprint density at radius 3 is 1.93 bits per heavy atom. The molecule has 0 bridgehead atoms. The van der Waals surface area contributed by atoms with Crippen molar-refractivity contribution in [3.8, 4) is 0 Å². The Hall–Kier alpha value is -1.41. The molecule has 1 atom stereocenters. The quantitative estimate of drug-likeness (QED) is 0.325. The number of furan rings is 1.